The Bertz CT molecular complexity index is 516. The lowest BCUT2D eigenvalue weighted by atomic mass is 9.99. The number of rotatable bonds is 6. The van der Waals surface area contributed by atoms with Crippen LogP contribution in [0.1, 0.15) is 11.1 Å². The average molecular weight is 352 g/mol. The summed E-state index contributed by atoms with van der Waals surface area (Å²) in [5.41, 5.74) is 6.86. The first-order chi connectivity index (χ1) is 8.69. The molecule has 0 aromatic heterocycles. The highest BCUT2D eigenvalue weighted by molar-refractivity contribution is 9.10. The molecule has 1 atom stereocenters. The Morgan fingerprint density at radius 1 is 1.37 bits per heavy atom. The Morgan fingerprint density at radius 2 is 2.00 bits per heavy atom. The molecule has 0 spiro atoms. The lowest BCUT2D eigenvalue weighted by molar-refractivity contribution is -0.138. The van der Waals surface area contributed by atoms with E-state index in [-0.39, 0.29) is 19.0 Å². The Labute approximate surface area is 118 Å². The maximum Gasteiger partial charge on any atom is 0.325 e. The van der Waals surface area contributed by atoms with Crippen LogP contribution in [0.4, 0.5) is 0 Å². The monoisotopic (exact) mass is 351 g/mol. The highest BCUT2D eigenvalue weighted by Gasteiger charge is 2.17. The van der Waals surface area contributed by atoms with Gasteiger partial charge in [0, 0.05) is 4.47 Å². The number of hydrogen-bond acceptors (Lipinski definition) is 3. The van der Waals surface area contributed by atoms with E-state index in [2.05, 4.69) is 15.9 Å². The van der Waals surface area contributed by atoms with Crippen molar-refractivity contribution in [3.8, 4) is 0 Å². The van der Waals surface area contributed by atoms with Gasteiger partial charge < -0.3 is 20.6 Å². The number of hydrogen-bond donors (Lipinski definition) is 4. The minimum absolute atomic E-state index is 0.116. The minimum Gasteiger partial charge on any atom is -0.480 e. The number of aliphatic carboxylic acids is 1. The molecule has 0 fully saturated rings. The number of carboxylic acid groups (broad SMARTS) is 1. The third-order valence-corrected chi connectivity index (χ3v) is 3.90. The molecule has 6 nitrogen and oxygen atoms in total. The first kappa shape index (κ1) is 16.3. The zero-order valence-electron chi connectivity index (χ0n) is 9.99. The summed E-state index contributed by atoms with van der Waals surface area (Å²) in [6, 6.07) is 4.13. The van der Waals surface area contributed by atoms with Crippen LogP contribution in [0.2, 0.25) is 0 Å². The van der Waals surface area contributed by atoms with Gasteiger partial charge in [0.1, 0.15) is 6.04 Å². The van der Waals surface area contributed by atoms with Crippen LogP contribution < -0.4 is 5.73 Å². The highest BCUT2D eigenvalue weighted by atomic mass is 79.9. The molecule has 0 aliphatic rings. The maximum absolute atomic E-state index is 10.9. The van der Waals surface area contributed by atoms with E-state index >= 15 is 0 Å². The molecule has 0 amide bonds. The second-order valence-corrected chi connectivity index (χ2v) is 6.89. The van der Waals surface area contributed by atoms with E-state index in [9.17, 15) is 9.36 Å². The van der Waals surface area contributed by atoms with Gasteiger partial charge in [0.15, 0.2) is 0 Å². The molecule has 0 bridgehead atoms. The van der Waals surface area contributed by atoms with Crippen molar-refractivity contribution in [1.29, 1.82) is 0 Å². The van der Waals surface area contributed by atoms with Crippen molar-refractivity contribution in [1.82, 2.24) is 0 Å². The topological polar surface area (TPSA) is 121 Å². The fourth-order valence-electron chi connectivity index (χ4n) is 1.62. The van der Waals surface area contributed by atoms with Crippen molar-refractivity contribution in [3.05, 3.63) is 33.8 Å². The van der Waals surface area contributed by atoms with E-state index in [0.29, 0.717) is 11.1 Å². The summed E-state index contributed by atoms with van der Waals surface area (Å²) in [7, 11) is -4.08. The molecule has 1 rings (SSSR count). The van der Waals surface area contributed by atoms with Crippen LogP contribution in [0, 0.1) is 0 Å². The summed E-state index contributed by atoms with van der Waals surface area (Å²) in [5.74, 6) is -1.11. The molecule has 106 valence electrons. The molecule has 1 aromatic carbocycles. The van der Waals surface area contributed by atoms with Gasteiger partial charge in [-0.1, -0.05) is 22.0 Å². The fourth-order valence-corrected chi connectivity index (χ4v) is 2.56. The number of benzene rings is 1. The van der Waals surface area contributed by atoms with Crippen LogP contribution in [-0.2, 0) is 22.2 Å². The molecule has 0 aliphatic carbocycles. The van der Waals surface area contributed by atoms with Crippen molar-refractivity contribution in [2.24, 2.45) is 5.73 Å². The van der Waals surface area contributed by atoms with Gasteiger partial charge in [-0.3, -0.25) is 9.36 Å². The van der Waals surface area contributed by atoms with Gasteiger partial charge in [0.05, 0.1) is 6.16 Å². The first-order valence-electron chi connectivity index (χ1n) is 5.49. The summed E-state index contributed by atoms with van der Waals surface area (Å²) in [6.07, 6.45) is 0.0223. The van der Waals surface area contributed by atoms with Gasteiger partial charge in [-0.15, -0.1) is 0 Å². The Kier molecular flexibility index (Phi) is 5.70. The predicted molar refractivity (Wildman–Crippen MR) is 74.1 cm³/mol. The Hall–Kier alpha value is -0.720. The minimum atomic E-state index is -4.08. The van der Waals surface area contributed by atoms with Gasteiger partial charge in [0.25, 0.3) is 0 Å². The third kappa shape index (κ3) is 5.84. The zero-order valence-corrected chi connectivity index (χ0v) is 12.5. The van der Waals surface area contributed by atoms with Crippen molar-refractivity contribution >= 4 is 29.5 Å². The highest BCUT2D eigenvalue weighted by Crippen LogP contribution is 2.35. The van der Waals surface area contributed by atoms with Crippen molar-refractivity contribution in [3.63, 3.8) is 0 Å². The molecule has 5 N–H and O–H groups in total. The summed E-state index contributed by atoms with van der Waals surface area (Å²) >= 11 is 3.27. The largest absolute Gasteiger partial charge is 0.480 e. The lowest BCUT2D eigenvalue weighted by Gasteiger charge is -2.13. The van der Waals surface area contributed by atoms with Gasteiger partial charge in [-0.25, -0.2) is 0 Å². The van der Waals surface area contributed by atoms with Crippen LogP contribution in [0.3, 0.4) is 0 Å². The Balaban J connectivity index is 2.91. The van der Waals surface area contributed by atoms with Gasteiger partial charge >= 0.3 is 13.6 Å². The average Bonchev–Trinajstić information content (AvgIpc) is 2.26. The summed E-state index contributed by atoms with van der Waals surface area (Å²) in [5, 5.41) is 8.80. The third-order valence-electron chi connectivity index (χ3n) is 2.60. The second kappa shape index (κ2) is 6.63. The van der Waals surface area contributed by atoms with Crippen LogP contribution in [0.15, 0.2) is 22.7 Å². The van der Waals surface area contributed by atoms with Crippen molar-refractivity contribution in [2.75, 3.05) is 6.16 Å². The van der Waals surface area contributed by atoms with Gasteiger partial charge in [0.2, 0.25) is 0 Å². The molecule has 19 heavy (non-hydrogen) atoms. The molecule has 0 saturated carbocycles. The van der Waals surface area contributed by atoms with Crippen molar-refractivity contribution in [2.45, 2.75) is 18.9 Å². The van der Waals surface area contributed by atoms with Crippen LogP contribution in [0.5, 0.6) is 0 Å². The number of carbonyl (C=O) groups is 1. The molecule has 0 saturated heterocycles. The number of aryl methyl sites for hydroxylation is 1. The summed E-state index contributed by atoms with van der Waals surface area (Å²) in [4.78, 5) is 28.5. The quantitative estimate of drug-likeness (QED) is 0.570. The van der Waals surface area contributed by atoms with E-state index in [1.54, 1.807) is 18.2 Å². The van der Waals surface area contributed by atoms with Crippen LogP contribution in [0.25, 0.3) is 0 Å². The number of halogens is 1. The summed E-state index contributed by atoms with van der Waals surface area (Å²) < 4.78 is 11.6. The molecule has 0 unspecified atom stereocenters. The molecule has 0 radical (unpaired) electrons. The molecule has 1 aromatic rings. The number of nitrogens with two attached hydrogens (primary N) is 1. The molecular weight excluding hydrogens is 337 g/mol. The fraction of sp³-hybridized carbons (Fsp3) is 0.364. The smallest absolute Gasteiger partial charge is 0.325 e. The van der Waals surface area contributed by atoms with Gasteiger partial charge in [-0.05, 0) is 36.1 Å². The summed E-state index contributed by atoms with van der Waals surface area (Å²) in [6.45, 7) is 0. The maximum atomic E-state index is 10.9. The molecule has 0 heterocycles. The van der Waals surface area contributed by atoms with E-state index in [1.165, 1.54) is 0 Å². The van der Waals surface area contributed by atoms with E-state index in [0.717, 1.165) is 4.47 Å². The van der Waals surface area contributed by atoms with E-state index in [4.69, 9.17) is 20.6 Å². The van der Waals surface area contributed by atoms with Crippen molar-refractivity contribution < 1.29 is 24.3 Å². The molecular formula is C11H15BrNO5P. The lowest BCUT2D eigenvalue weighted by Crippen LogP contribution is -2.32. The molecule has 8 heteroatoms. The van der Waals surface area contributed by atoms with Crippen LogP contribution in [-0.4, -0.2) is 33.1 Å². The second-order valence-electron chi connectivity index (χ2n) is 4.20. The van der Waals surface area contributed by atoms with E-state index in [1.807, 2.05) is 0 Å². The Morgan fingerprint density at radius 3 is 2.53 bits per heavy atom. The first-order valence-corrected chi connectivity index (χ1v) is 8.08. The SMILES string of the molecule is N[C@@H](Cc1cc(Br)ccc1CCP(=O)(O)O)C(=O)O. The molecule has 0 aliphatic heterocycles. The predicted octanol–water partition coefficient (Wildman–Crippen LogP) is 1.12. The van der Waals surface area contributed by atoms with E-state index < -0.39 is 19.6 Å². The zero-order chi connectivity index (χ0) is 14.6. The standard InChI is InChI=1S/C11H15BrNO5P/c12-9-2-1-7(3-4-19(16,17)18)8(5-9)6-10(13)11(14)15/h1-2,5,10H,3-4,6,13H2,(H,14,15)(H2,16,17,18)/t10-/m0/s1. The van der Waals surface area contributed by atoms with Crippen LogP contribution >= 0.6 is 23.5 Å². The van der Waals surface area contributed by atoms with Gasteiger partial charge in [-0.2, -0.15) is 0 Å². The normalized spacial score (nSPS) is 13.3. The number of carboxylic acids is 1.